The fraction of sp³-hybridized carbons (Fsp3) is 0.174. The zero-order valence-electron chi connectivity index (χ0n) is 16.7. The minimum atomic E-state index is -3.90. The molecule has 0 spiro atoms. The second-order valence-electron chi connectivity index (χ2n) is 7.03. The molecule has 5 nitrogen and oxygen atoms in total. The third kappa shape index (κ3) is 4.84. The van der Waals surface area contributed by atoms with E-state index in [9.17, 15) is 13.2 Å². The van der Waals surface area contributed by atoms with Gasteiger partial charge in [-0.25, -0.2) is 8.42 Å². The maximum absolute atomic E-state index is 13.3. The van der Waals surface area contributed by atoms with Crippen LogP contribution >= 0.6 is 0 Å². The number of rotatable bonds is 6. The highest BCUT2D eigenvalue weighted by atomic mass is 32.2. The summed E-state index contributed by atoms with van der Waals surface area (Å²) < 4.78 is 27.7. The van der Waals surface area contributed by atoms with Crippen LogP contribution < -0.4 is 9.62 Å². The summed E-state index contributed by atoms with van der Waals surface area (Å²) in [6.07, 6.45) is 0. The maximum Gasteiger partial charge on any atom is 0.264 e. The minimum absolute atomic E-state index is 0.145. The summed E-state index contributed by atoms with van der Waals surface area (Å²) in [6, 6.07) is 21.0. The Kier molecular flexibility index (Phi) is 6.03. The van der Waals surface area contributed by atoms with Crippen molar-refractivity contribution in [1.82, 2.24) is 0 Å². The van der Waals surface area contributed by atoms with Gasteiger partial charge in [-0.1, -0.05) is 48.0 Å². The van der Waals surface area contributed by atoms with E-state index in [1.807, 2.05) is 39.0 Å². The first-order valence-electron chi connectivity index (χ1n) is 9.29. The Hall–Kier alpha value is -3.12. The van der Waals surface area contributed by atoms with E-state index in [2.05, 4.69) is 5.32 Å². The summed E-state index contributed by atoms with van der Waals surface area (Å²) in [5, 5.41) is 2.84. The largest absolute Gasteiger partial charge is 0.324 e. The van der Waals surface area contributed by atoms with Crippen molar-refractivity contribution in [3.05, 3.63) is 89.5 Å². The maximum atomic E-state index is 13.3. The van der Waals surface area contributed by atoms with Crippen molar-refractivity contribution in [2.75, 3.05) is 16.2 Å². The minimum Gasteiger partial charge on any atom is -0.324 e. The number of nitrogens with one attached hydrogen (secondary N) is 1. The van der Waals surface area contributed by atoms with Gasteiger partial charge in [-0.05, 0) is 62.2 Å². The normalized spacial score (nSPS) is 11.1. The quantitative estimate of drug-likeness (QED) is 0.655. The number of anilines is 2. The van der Waals surface area contributed by atoms with E-state index in [4.69, 9.17) is 0 Å². The van der Waals surface area contributed by atoms with Gasteiger partial charge in [0.2, 0.25) is 5.91 Å². The first-order chi connectivity index (χ1) is 13.8. The Balaban J connectivity index is 1.93. The molecule has 0 saturated heterocycles. The second-order valence-corrected chi connectivity index (χ2v) is 8.89. The van der Waals surface area contributed by atoms with Crippen LogP contribution in [-0.4, -0.2) is 20.9 Å². The van der Waals surface area contributed by atoms with Gasteiger partial charge in [-0.3, -0.25) is 9.10 Å². The number of hydrogen-bond acceptors (Lipinski definition) is 3. The van der Waals surface area contributed by atoms with Crippen molar-refractivity contribution in [3.8, 4) is 0 Å². The van der Waals surface area contributed by atoms with Gasteiger partial charge in [0.15, 0.2) is 0 Å². The number of amides is 1. The third-order valence-electron chi connectivity index (χ3n) is 4.61. The predicted molar refractivity (Wildman–Crippen MR) is 117 cm³/mol. The highest BCUT2D eigenvalue weighted by Crippen LogP contribution is 2.24. The van der Waals surface area contributed by atoms with Crippen molar-refractivity contribution in [1.29, 1.82) is 0 Å². The van der Waals surface area contributed by atoms with Crippen LogP contribution in [0.15, 0.2) is 77.7 Å². The number of carbonyl (C=O) groups is 1. The van der Waals surface area contributed by atoms with Crippen molar-refractivity contribution >= 4 is 27.3 Å². The van der Waals surface area contributed by atoms with Crippen LogP contribution in [0.2, 0.25) is 0 Å². The molecule has 0 aromatic heterocycles. The van der Waals surface area contributed by atoms with Gasteiger partial charge >= 0.3 is 0 Å². The molecule has 0 saturated carbocycles. The fourth-order valence-corrected chi connectivity index (χ4v) is 4.36. The van der Waals surface area contributed by atoms with Gasteiger partial charge in [0, 0.05) is 5.69 Å². The van der Waals surface area contributed by atoms with Crippen molar-refractivity contribution in [2.45, 2.75) is 25.7 Å². The van der Waals surface area contributed by atoms with Gasteiger partial charge in [0.25, 0.3) is 10.0 Å². The first-order valence-corrected chi connectivity index (χ1v) is 10.7. The first kappa shape index (κ1) is 20.6. The molecule has 0 bridgehead atoms. The van der Waals surface area contributed by atoms with Crippen LogP contribution in [0.25, 0.3) is 0 Å². The van der Waals surface area contributed by atoms with E-state index in [0.717, 1.165) is 21.0 Å². The Morgan fingerprint density at radius 2 is 1.48 bits per heavy atom. The van der Waals surface area contributed by atoms with E-state index in [-0.39, 0.29) is 11.4 Å². The number of nitrogens with zero attached hydrogens (tertiary/aromatic N) is 1. The lowest BCUT2D eigenvalue weighted by atomic mass is 10.1. The molecule has 0 atom stereocenters. The van der Waals surface area contributed by atoms with Crippen LogP contribution in [0.5, 0.6) is 0 Å². The lowest BCUT2D eigenvalue weighted by molar-refractivity contribution is -0.114. The zero-order chi connectivity index (χ0) is 21.0. The average Bonchev–Trinajstić information content (AvgIpc) is 2.70. The summed E-state index contributed by atoms with van der Waals surface area (Å²) >= 11 is 0. The number of aryl methyl sites for hydroxylation is 3. The molecule has 6 heteroatoms. The Morgan fingerprint density at radius 3 is 2.14 bits per heavy atom. The van der Waals surface area contributed by atoms with Gasteiger partial charge in [0.05, 0.1) is 10.6 Å². The smallest absolute Gasteiger partial charge is 0.264 e. The molecule has 0 heterocycles. The molecule has 0 fully saturated rings. The Labute approximate surface area is 172 Å². The van der Waals surface area contributed by atoms with Crippen LogP contribution in [0.4, 0.5) is 11.4 Å². The lowest BCUT2D eigenvalue weighted by Gasteiger charge is -2.24. The number of benzene rings is 3. The Morgan fingerprint density at radius 1 is 0.862 bits per heavy atom. The third-order valence-corrected chi connectivity index (χ3v) is 6.40. The number of hydrogen-bond donors (Lipinski definition) is 1. The summed E-state index contributed by atoms with van der Waals surface area (Å²) in [7, 11) is -3.90. The summed E-state index contributed by atoms with van der Waals surface area (Å²) in [6.45, 7) is 5.40. The summed E-state index contributed by atoms with van der Waals surface area (Å²) in [5.74, 6) is -0.404. The summed E-state index contributed by atoms with van der Waals surface area (Å²) in [5.41, 5.74) is 4.00. The molecular weight excluding hydrogens is 384 g/mol. The van der Waals surface area contributed by atoms with Gasteiger partial charge in [0.1, 0.15) is 6.54 Å². The SMILES string of the molecule is Cc1ccc(S(=O)(=O)N(CC(=O)Nc2cc(C)ccc2C)c2ccccc2)cc1. The number of sulfonamides is 1. The molecule has 1 N–H and O–H groups in total. The molecule has 0 aliphatic heterocycles. The molecule has 1 amide bonds. The second kappa shape index (κ2) is 8.49. The molecule has 3 aromatic rings. The topological polar surface area (TPSA) is 66.5 Å². The van der Waals surface area contributed by atoms with E-state index < -0.39 is 15.9 Å². The molecule has 150 valence electrons. The number of carbonyl (C=O) groups excluding carboxylic acids is 1. The molecule has 3 rings (SSSR count). The molecule has 0 aliphatic carbocycles. The fourth-order valence-electron chi connectivity index (χ4n) is 2.94. The van der Waals surface area contributed by atoms with Crippen LogP contribution in [0.1, 0.15) is 16.7 Å². The highest BCUT2D eigenvalue weighted by Gasteiger charge is 2.27. The highest BCUT2D eigenvalue weighted by molar-refractivity contribution is 7.92. The lowest BCUT2D eigenvalue weighted by Crippen LogP contribution is -2.38. The zero-order valence-corrected chi connectivity index (χ0v) is 17.5. The van der Waals surface area contributed by atoms with Gasteiger partial charge in [-0.15, -0.1) is 0 Å². The van der Waals surface area contributed by atoms with Crippen molar-refractivity contribution in [2.24, 2.45) is 0 Å². The van der Waals surface area contributed by atoms with E-state index >= 15 is 0 Å². The van der Waals surface area contributed by atoms with Gasteiger partial charge in [-0.2, -0.15) is 0 Å². The van der Waals surface area contributed by atoms with E-state index in [1.165, 1.54) is 0 Å². The van der Waals surface area contributed by atoms with E-state index in [0.29, 0.717) is 11.4 Å². The average molecular weight is 409 g/mol. The van der Waals surface area contributed by atoms with Crippen molar-refractivity contribution in [3.63, 3.8) is 0 Å². The predicted octanol–water partition coefficient (Wildman–Crippen LogP) is 4.45. The van der Waals surface area contributed by atoms with Crippen LogP contribution in [0.3, 0.4) is 0 Å². The standard InChI is InChI=1S/C23H24N2O3S/c1-17-10-13-21(14-11-17)29(27,28)25(20-7-5-4-6-8-20)16-23(26)24-22-15-18(2)9-12-19(22)3/h4-15H,16H2,1-3H3,(H,24,26). The molecule has 0 radical (unpaired) electrons. The van der Waals surface area contributed by atoms with Gasteiger partial charge < -0.3 is 5.32 Å². The monoisotopic (exact) mass is 408 g/mol. The molecule has 3 aromatic carbocycles. The van der Waals surface area contributed by atoms with Crippen LogP contribution in [-0.2, 0) is 14.8 Å². The molecule has 0 unspecified atom stereocenters. The van der Waals surface area contributed by atoms with Crippen LogP contribution in [0, 0.1) is 20.8 Å². The van der Waals surface area contributed by atoms with E-state index in [1.54, 1.807) is 54.6 Å². The summed E-state index contributed by atoms with van der Waals surface area (Å²) in [4.78, 5) is 12.9. The molecule has 0 aliphatic rings. The Bertz CT molecular complexity index is 1110. The number of para-hydroxylation sites is 1. The van der Waals surface area contributed by atoms with Crippen molar-refractivity contribution < 1.29 is 13.2 Å². The molecular formula is C23H24N2O3S. The molecule has 29 heavy (non-hydrogen) atoms.